The predicted octanol–water partition coefficient (Wildman–Crippen LogP) is 4.62. The van der Waals surface area contributed by atoms with Crippen LogP contribution in [-0.4, -0.2) is 0 Å². The standard InChI is InChI=1S/C19H19NO/c1-13-10-14(2)19(11-18(13)20)21-12-16-8-5-7-15-6-3-4-9-17(15)16/h3-11H,12,20H2,1-2H3. The fourth-order valence-electron chi connectivity index (χ4n) is 2.58. The van der Waals surface area contributed by atoms with Crippen LogP contribution in [0.5, 0.6) is 5.75 Å². The van der Waals surface area contributed by atoms with Gasteiger partial charge in [-0.25, -0.2) is 0 Å². The van der Waals surface area contributed by atoms with E-state index in [-0.39, 0.29) is 0 Å². The first kappa shape index (κ1) is 13.5. The summed E-state index contributed by atoms with van der Waals surface area (Å²) in [5.41, 5.74) is 10.1. The summed E-state index contributed by atoms with van der Waals surface area (Å²) in [7, 11) is 0. The Bertz CT molecular complexity index is 787. The molecule has 0 aliphatic rings. The van der Waals surface area contributed by atoms with Gasteiger partial charge in [-0.15, -0.1) is 0 Å². The van der Waals surface area contributed by atoms with E-state index in [1.54, 1.807) is 0 Å². The van der Waals surface area contributed by atoms with Crippen LogP contribution in [0.4, 0.5) is 5.69 Å². The topological polar surface area (TPSA) is 35.2 Å². The summed E-state index contributed by atoms with van der Waals surface area (Å²) < 4.78 is 5.99. The zero-order valence-corrected chi connectivity index (χ0v) is 12.4. The van der Waals surface area contributed by atoms with E-state index in [0.717, 1.165) is 22.6 Å². The van der Waals surface area contributed by atoms with E-state index in [0.29, 0.717) is 6.61 Å². The van der Waals surface area contributed by atoms with Gasteiger partial charge in [0.05, 0.1) is 0 Å². The van der Waals surface area contributed by atoms with E-state index >= 15 is 0 Å². The number of nitrogens with two attached hydrogens (primary N) is 1. The molecule has 3 aromatic rings. The Morgan fingerprint density at radius 3 is 2.52 bits per heavy atom. The van der Waals surface area contributed by atoms with Gasteiger partial charge in [-0.1, -0.05) is 48.5 Å². The third-order valence-electron chi connectivity index (χ3n) is 3.83. The van der Waals surface area contributed by atoms with E-state index in [9.17, 15) is 0 Å². The van der Waals surface area contributed by atoms with Gasteiger partial charge in [-0.05, 0) is 41.3 Å². The average Bonchev–Trinajstić information content (AvgIpc) is 2.49. The van der Waals surface area contributed by atoms with Crippen molar-refractivity contribution in [1.82, 2.24) is 0 Å². The zero-order valence-electron chi connectivity index (χ0n) is 12.4. The van der Waals surface area contributed by atoms with Crippen molar-refractivity contribution in [3.63, 3.8) is 0 Å². The van der Waals surface area contributed by atoms with Crippen molar-refractivity contribution in [2.24, 2.45) is 0 Å². The van der Waals surface area contributed by atoms with Gasteiger partial charge in [-0.2, -0.15) is 0 Å². The van der Waals surface area contributed by atoms with Crippen LogP contribution in [-0.2, 0) is 6.61 Å². The zero-order chi connectivity index (χ0) is 14.8. The summed E-state index contributed by atoms with van der Waals surface area (Å²) in [5.74, 6) is 0.853. The van der Waals surface area contributed by atoms with Crippen LogP contribution in [0, 0.1) is 13.8 Å². The number of anilines is 1. The summed E-state index contributed by atoms with van der Waals surface area (Å²) >= 11 is 0. The van der Waals surface area contributed by atoms with Gasteiger partial charge in [0.15, 0.2) is 0 Å². The smallest absolute Gasteiger partial charge is 0.124 e. The second-order valence-corrected chi connectivity index (χ2v) is 5.40. The molecule has 3 rings (SSSR count). The van der Waals surface area contributed by atoms with Crippen LogP contribution in [0.1, 0.15) is 16.7 Å². The monoisotopic (exact) mass is 277 g/mol. The maximum Gasteiger partial charge on any atom is 0.124 e. The van der Waals surface area contributed by atoms with Gasteiger partial charge in [0.1, 0.15) is 12.4 Å². The minimum atomic E-state index is 0.546. The van der Waals surface area contributed by atoms with Crippen molar-refractivity contribution in [3.05, 3.63) is 71.3 Å². The fraction of sp³-hybridized carbons (Fsp3) is 0.158. The molecule has 0 spiro atoms. The van der Waals surface area contributed by atoms with E-state index in [2.05, 4.69) is 48.5 Å². The molecule has 0 saturated carbocycles. The summed E-state index contributed by atoms with van der Waals surface area (Å²) in [5, 5.41) is 2.47. The first-order valence-corrected chi connectivity index (χ1v) is 7.11. The highest BCUT2D eigenvalue weighted by molar-refractivity contribution is 5.85. The minimum Gasteiger partial charge on any atom is -0.489 e. The number of ether oxygens (including phenoxy) is 1. The molecule has 0 unspecified atom stereocenters. The molecule has 0 fully saturated rings. The normalized spacial score (nSPS) is 10.8. The lowest BCUT2D eigenvalue weighted by atomic mass is 10.1. The number of hydrogen-bond donors (Lipinski definition) is 1. The molecule has 0 aliphatic heterocycles. The molecule has 0 radical (unpaired) electrons. The number of hydrogen-bond acceptors (Lipinski definition) is 2. The lowest BCUT2D eigenvalue weighted by molar-refractivity contribution is 0.305. The second-order valence-electron chi connectivity index (χ2n) is 5.40. The van der Waals surface area contributed by atoms with Crippen molar-refractivity contribution < 1.29 is 4.74 Å². The molecular formula is C19H19NO. The maximum absolute atomic E-state index is 5.99. The highest BCUT2D eigenvalue weighted by atomic mass is 16.5. The van der Waals surface area contributed by atoms with E-state index in [1.165, 1.54) is 16.3 Å². The van der Waals surface area contributed by atoms with Gasteiger partial charge in [0, 0.05) is 11.8 Å². The average molecular weight is 277 g/mol. The molecule has 0 aliphatic carbocycles. The Balaban J connectivity index is 1.89. The molecule has 2 nitrogen and oxygen atoms in total. The van der Waals surface area contributed by atoms with Crippen molar-refractivity contribution in [3.8, 4) is 5.75 Å². The highest BCUT2D eigenvalue weighted by Gasteiger charge is 2.05. The number of nitrogen functional groups attached to an aromatic ring is 1. The number of benzene rings is 3. The molecule has 0 amide bonds. The summed E-state index contributed by atoms with van der Waals surface area (Å²) in [6, 6.07) is 18.6. The van der Waals surface area contributed by atoms with Gasteiger partial charge in [0.2, 0.25) is 0 Å². The summed E-state index contributed by atoms with van der Waals surface area (Å²) in [6.07, 6.45) is 0. The fourth-order valence-corrected chi connectivity index (χ4v) is 2.58. The number of fused-ring (bicyclic) bond motifs is 1. The number of rotatable bonds is 3. The molecule has 0 aromatic heterocycles. The Labute approximate surface area is 125 Å². The van der Waals surface area contributed by atoms with Gasteiger partial charge in [0.25, 0.3) is 0 Å². The lowest BCUT2D eigenvalue weighted by Gasteiger charge is -2.13. The molecular weight excluding hydrogens is 258 g/mol. The molecule has 0 saturated heterocycles. The summed E-state index contributed by atoms with van der Waals surface area (Å²) in [6.45, 7) is 4.60. The molecule has 0 bridgehead atoms. The molecule has 0 atom stereocenters. The van der Waals surface area contributed by atoms with Crippen LogP contribution in [0.3, 0.4) is 0 Å². The van der Waals surface area contributed by atoms with Crippen molar-refractivity contribution in [2.45, 2.75) is 20.5 Å². The van der Waals surface area contributed by atoms with E-state index < -0.39 is 0 Å². The molecule has 106 valence electrons. The Hall–Kier alpha value is -2.48. The van der Waals surface area contributed by atoms with Crippen molar-refractivity contribution >= 4 is 16.5 Å². The van der Waals surface area contributed by atoms with Gasteiger partial charge >= 0.3 is 0 Å². The molecule has 3 aromatic carbocycles. The third-order valence-corrected chi connectivity index (χ3v) is 3.83. The highest BCUT2D eigenvalue weighted by Crippen LogP contribution is 2.26. The van der Waals surface area contributed by atoms with Crippen molar-refractivity contribution in [2.75, 3.05) is 5.73 Å². The number of aryl methyl sites for hydroxylation is 2. The minimum absolute atomic E-state index is 0.546. The quantitative estimate of drug-likeness (QED) is 0.709. The predicted molar refractivity (Wildman–Crippen MR) is 88.6 cm³/mol. The Morgan fingerprint density at radius 1 is 0.905 bits per heavy atom. The summed E-state index contributed by atoms with van der Waals surface area (Å²) in [4.78, 5) is 0. The Morgan fingerprint density at radius 2 is 1.67 bits per heavy atom. The third kappa shape index (κ3) is 2.70. The molecule has 2 heteroatoms. The van der Waals surface area contributed by atoms with Crippen LogP contribution >= 0.6 is 0 Å². The molecule has 2 N–H and O–H groups in total. The second kappa shape index (κ2) is 5.49. The van der Waals surface area contributed by atoms with E-state index in [1.807, 2.05) is 19.9 Å². The van der Waals surface area contributed by atoms with Crippen LogP contribution in [0.15, 0.2) is 54.6 Å². The SMILES string of the molecule is Cc1cc(C)c(OCc2cccc3ccccc23)cc1N. The van der Waals surface area contributed by atoms with Crippen LogP contribution in [0.25, 0.3) is 10.8 Å². The largest absolute Gasteiger partial charge is 0.489 e. The molecule has 21 heavy (non-hydrogen) atoms. The lowest BCUT2D eigenvalue weighted by Crippen LogP contribution is -2.00. The molecule has 0 heterocycles. The first-order valence-electron chi connectivity index (χ1n) is 7.11. The van der Waals surface area contributed by atoms with Crippen LogP contribution < -0.4 is 10.5 Å². The van der Waals surface area contributed by atoms with Gasteiger partial charge < -0.3 is 10.5 Å². The van der Waals surface area contributed by atoms with Crippen LogP contribution in [0.2, 0.25) is 0 Å². The Kier molecular flexibility index (Phi) is 3.53. The van der Waals surface area contributed by atoms with Gasteiger partial charge in [-0.3, -0.25) is 0 Å². The van der Waals surface area contributed by atoms with Crippen molar-refractivity contribution in [1.29, 1.82) is 0 Å². The maximum atomic E-state index is 5.99. The van der Waals surface area contributed by atoms with E-state index in [4.69, 9.17) is 10.5 Å². The first-order chi connectivity index (χ1) is 10.1.